The van der Waals surface area contributed by atoms with E-state index in [4.69, 9.17) is 9.47 Å². The topological polar surface area (TPSA) is 110 Å². The van der Waals surface area contributed by atoms with Crippen molar-refractivity contribution in [2.24, 2.45) is 28.1 Å². The van der Waals surface area contributed by atoms with Gasteiger partial charge in [0.15, 0.2) is 5.78 Å². The first-order valence-corrected chi connectivity index (χ1v) is 14.4. The Morgan fingerprint density at radius 1 is 1.05 bits per heavy atom. The van der Waals surface area contributed by atoms with Gasteiger partial charge in [-0.1, -0.05) is 49.8 Å². The fraction of sp³-hybridized carbons (Fsp3) is 0.667. The molecule has 3 saturated carbocycles. The van der Waals surface area contributed by atoms with Gasteiger partial charge in [-0.15, -0.1) is 0 Å². The van der Waals surface area contributed by atoms with Crippen molar-refractivity contribution < 1.29 is 34.1 Å². The van der Waals surface area contributed by atoms with Crippen molar-refractivity contribution in [3.63, 3.8) is 0 Å². The highest BCUT2D eigenvalue weighted by Crippen LogP contribution is 2.69. The first kappa shape index (κ1) is 32.0. The van der Waals surface area contributed by atoms with Gasteiger partial charge < -0.3 is 19.7 Å². The molecule has 3 aliphatic carbocycles. The van der Waals surface area contributed by atoms with E-state index >= 15 is 0 Å². The number of esters is 1. The average Bonchev–Trinajstić information content (AvgIpc) is 3.11. The first-order valence-electron chi connectivity index (χ1n) is 14.4. The van der Waals surface area contributed by atoms with Crippen molar-refractivity contribution in [1.82, 2.24) is 0 Å². The number of allylic oxidation sites excluding steroid dienone is 7. The molecule has 222 valence electrons. The number of carboxylic acids is 1. The maximum atomic E-state index is 13.6. The van der Waals surface area contributed by atoms with Crippen LogP contribution in [0.3, 0.4) is 0 Å². The summed E-state index contributed by atoms with van der Waals surface area (Å²) in [6.45, 7) is 14.8. The molecule has 0 aromatic rings. The SMILES string of the molecule is CO[C@@H](/C=C/C(C)=C/C=C/C(C)=C1\C(=O)C[C@H]2[C@]3(C)CC[C@@H](OC(C)=O)[C@@](C)(C(=O)O)[C@@H]3CC[C@@]12C)C(C)(C)O. The maximum Gasteiger partial charge on any atom is 0.313 e. The van der Waals surface area contributed by atoms with E-state index in [2.05, 4.69) is 13.8 Å². The van der Waals surface area contributed by atoms with Crippen LogP contribution in [0.4, 0.5) is 0 Å². The van der Waals surface area contributed by atoms with Gasteiger partial charge >= 0.3 is 11.9 Å². The molecule has 2 N–H and O–H groups in total. The highest BCUT2D eigenvalue weighted by atomic mass is 16.5. The van der Waals surface area contributed by atoms with Gasteiger partial charge in [-0.2, -0.15) is 0 Å². The van der Waals surface area contributed by atoms with Crippen LogP contribution in [0.2, 0.25) is 0 Å². The second-order valence-corrected chi connectivity index (χ2v) is 13.4. The summed E-state index contributed by atoms with van der Waals surface area (Å²) in [7, 11) is 1.57. The number of methoxy groups -OCH3 is 1. The number of Topliss-reactive ketones (excluding diaryl/α,β-unsaturated/α-hetero) is 1. The minimum Gasteiger partial charge on any atom is -0.481 e. The normalized spacial score (nSPS) is 36.9. The summed E-state index contributed by atoms with van der Waals surface area (Å²) in [6.07, 6.45) is 11.5. The highest BCUT2D eigenvalue weighted by Gasteiger charge is 2.68. The Labute approximate surface area is 239 Å². The number of ketones is 1. The van der Waals surface area contributed by atoms with Crippen LogP contribution in [0.15, 0.2) is 47.1 Å². The lowest BCUT2D eigenvalue weighted by Gasteiger charge is -2.61. The van der Waals surface area contributed by atoms with Gasteiger partial charge in [0.05, 0.1) is 5.60 Å². The van der Waals surface area contributed by atoms with Crippen molar-refractivity contribution in [3.8, 4) is 0 Å². The maximum absolute atomic E-state index is 13.6. The van der Waals surface area contributed by atoms with Crippen molar-refractivity contribution in [3.05, 3.63) is 47.1 Å². The number of aliphatic carboxylic acids is 1. The zero-order valence-electron chi connectivity index (χ0n) is 25.7. The van der Waals surface area contributed by atoms with Crippen molar-refractivity contribution in [2.45, 2.75) is 105 Å². The first-order chi connectivity index (χ1) is 18.4. The van der Waals surface area contributed by atoms with Gasteiger partial charge in [0, 0.05) is 31.4 Å². The predicted molar refractivity (Wildman–Crippen MR) is 154 cm³/mol. The second kappa shape index (κ2) is 11.4. The quantitative estimate of drug-likeness (QED) is 0.215. The molecule has 40 heavy (non-hydrogen) atoms. The van der Waals surface area contributed by atoms with E-state index in [-0.39, 0.29) is 28.4 Å². The van der Waals surface area contributed by atoms with E-state index in [1.54, 1.807) is 27.9 Å². The average molecular weight is 557 g/mol. The fourth-order valence-corrected chi connectivity index (χ4v) is 8.25. The van der Waals surface area contributed by atoms with Crippen LogP contribution < -0.4 is 0 Å². The number of aliphatic hydroxyl groups is 1. The van der Waals surface area contributed by atoms with E-state index < -0.39 is 35.2 Å². The Kier molecular flexibility index (Phi) is 9.12. The summed E-state index contributed by atoms with van der Waals surface area (Å²) >= 11 is 0. The number of carbonyl (C=O) groups is 3. The van der Waals surface area contributed by atoms with Crippen LogP contribution in [0, 0.1) is 28.1 Å². The molecule has 0 spiro atoms. The van der Waals surface area contributed by atoms with Gasteiger partial charge in [-0.25, -0.2) is 0 Å². The monoisotopic (exact) mass is 556 g/mol. The molecule has 0 heterocycles. The van der Waals surface area contributed by atoms with Crippen LogP contribution in [-0.2, 0) is 23.9 Å². The third-order valence-corrected chi connectivity index (χ3v) is 10.2. The van der Waals surface area contributed by atoms with Gasteiger partial charge in [0.1, 0.15) is 17.6 Å². The van der Waals surface area contributed by atoms with Gasteiger partial charge in [0.25, 0.3) is 0 Å². The number of hydrogen-bond acceptors (Lipinski definition) is 6. The summed E-state index contributed by atoms with van der Waals surface area (Å²) in [5.74, 6) is -1.43. The standard InChI is InChI=1S/C33H48O7/c1-20(13-14-26(39-9)30(4,5)38)11-10-12-21(2)28-23(35)19-25-31(6)18-16-27(40-22(3)34)33(8,29(36)37)24(31)15-17-32(25,28)7/h10-14,24-27,38H,15-19H2,1-9H3,(H,36,37)/b12-10+,14-13+,20-11+,28-21+/t24-,25+,26+,27-,31-,32-,33+/m1/s1. The third-order valence-electron chi connectivity index (χ3n) is 10.2. The number of carboxylic acid groups (broad SMARTS) is 1. The van der Waals surface area contributed by atoms with E-state index in [9.17, 15) is 24.6 Å². The highest BCUT2D eigenvalue weighted by molar-refractivity contribution is 6.01. The minimum atomic E-state index is -1.20. The minimum absolute atomic E-state index is 0.0228. The van der Waals surface area contributed by atoms with Crippen LogP contribution in [0.5, 0.6) is 0 Å². The number of carbonyl (C=O) groups excluding carboxylic acids is 2. The lowest BCUT2D eigenvalue weighted by Crippen LogP contribution is -2.61. The van der Waals surface area contributed by atoms with E-state index in [0.29, 0.717) is 25.7 Å². The number of hydrogen-bond donors (Lipinski definition) is 2. The lowest BCUT2D eigenvalue weighted by molar-refractivity contribution is -0.204. The number of ether oxygens (including phenoxy) is 2. The van der Waals surface area contributed by atoms with Gasteiger partial charge in [0.2, 0.25) is 0 Å². The molecule has 7 atom stereocenters. The summed E-state index contributed by atoms with van der Waals surface area (Å²) in [5, 5.41) is 20.6. The van der Waals surface area contributed by atoms with Gasteiger partial charge in [-0.3, -0.25) is 14.4 Å². The Morgan fingerprint density at radius 3 is 2.25 bits per heavy atom. The van der Waals surface area contributed by atoms with Crippen molar-refractivity contribution in [2.75, 3.05) is 7.11 Å². The summed E-state index contributed by atoms with van der Waals surface area (Å²) in [5.41, 5.74) is -0.129. The molecular weight excluding hydrogens is 508 g/mol. The molecular formula is C33H48O7. The largest absolute Gasteiger partial charge is 0.481 e. The Hall–Kier alpha value is -2.51. The fourth-order valence-electron chi connectivity index (χ4n) is 8.25. The Balaban J connectivity index is 1.90. The van der Waals surface area contributed by atoms with Gasteiger partial charge in [-0.05, 0) is 83.1 Å². The Bertz CT molecular complexity index is 1150. The van der Waals surface area contributed by atoms with Crippen LogP contribution in [0.25, 0.3) is 0 Å². The van der Waals surface area contributed by atoms with Crippen molar-refractivity contribution >= 4 is 17.7 Å². The molecule has 0 radical (unpaired) electrons. The molecule has 0 aromatic carbocycles. The van der Waals surface area contributed by atoms with E-state index in [1.165, 1.54) is 6.92 Å². The molecule has 0 saturated heterocycles. The predicted octanol–water partition coefficient (Wildman–Crippen LogP) is 5.98. The molecule has 3 aliphatic rings. The van der Waals surface area contributed by atoms with Crippen LogP contribution >= 0.6 is 0 Å². The summed E-state index contributed by atoms with van der Waals surface area (Å²) < 4.78 is 10.9. The third kappa shape index (κ3) is 5.64. The van der Waals surface area contributed by atoms with E-state index in [1.807, 2.05) is 44.2 Å². The second-order valence-electron chi connectivity index (χ2n) is 13.4. The summed E-state index contributed by atoms with van der Waals surface area (Å²) in [4.78, 5) is 38.1. The van der Waals surface area contributed by atoms with Crippen molar-refractivity contribution in [1.29, 1.82) is 0 Å². The van der Waals surface area contributed by atoms with E-state index in [0.717, 1.165) is 23.1 Å². The smallest absolute Gasteiger partial charge is 0.313 e. The molecule has 0 aliphatic heterocycles. The molecule has 3 fully saturated rings. The zero-order chi connectivity index (χ0) is 30.3. The molecule has 0 aromatic heterocycles. The number of fused-ring (bicyclic) bond motifs is 3. The molecule has 0 bridgehead atoms. The lowest BCUT2D eigenvalue weighted by atomic mass is 9.42. The zero-order valence-corrected chi connectivity index (χ0v) is 25.7. The molecule has 3 rings (SSSR count). The molecule has 0 amide bonds. The Morgan fingerprint density at radius 2 is 1.70 bits per heavy atom. The summed E-state index contributed by atoms with van der Waals surface area (Å²) in [6, 6.07) is 0. The number of rotatable bonds is 8. The molecule has 7 nitrogen and oxygen atoms in total. The van der Waals surface area contributed by atoms with Crippen LogP contribution in [-0.4, -0.2) is 52.9 Å². The van der Waals surface area contributed by atoms with Crippen LogP contribution in [0.1, 0.15) is 87.5 Å². The molecule has 0 unspecified atom stereocenters. The molecule has 7 heteroatoms.